The smallest absolute Gasteiger partial charge is 0.319 e. The number of amides is 2. The summed E-state index contributed by atoms with van der Waals surface area (Å²) in [6, 6.07) is 4.52. The van der Waals surface area contributed by atoms with Crippen LogP contribution in [0, 0.1) is 0 Å². The molecule has 6 heteroatoms. The number of carbonyl (C=O) groups excluding carboxylic acids is 1. The van der Waals surface area contributed by atoms with Crippen molar-refractivity contribution in [1.29, 1.82) is 0 Å². The lowest BCUT2D eigenvalue weighted by molar-refractivity contribution is 0.248. The topological polar surface area (TPSA) is 67.1 Å². The molecule has 0 radical (unpaired) electrons. The molecule has 0 aliphatic carbocycles. The van der Waals surface area contributed by atoms with Gasteiger partial charge in [0.05, 0.1) is 10.7 Å². The maximum Gasteiger partial charge on any atom is 0.319 e. The van der Waals surface area contributed by atoms with Gasteiger partial charge in [-0.1, -0.05) is 36.5 Å². The minimum Gasteiger partial charge on any atom is -0.334 e. The normalized spacial score (nSPS) is 12.0. The van der Waals surface area contributed by atoms with Gasteiger partial charge in [-0.05, 0) is 24.6 Å². The van der Waals surface area contributed by atoms with E-state index in [-0.39, 0.29) is 12.1 Å². The third kappa shape index (κ3) is 4.72. The zero-order chi connectivity index (χ0) is 13.5. The van der Waals surface area contributed by atoms with Crippen LogP contribution < -0.4 is 16.4 Å². The molecular weight excluding hydrogens is 273 g/mol. The summed E-state index contributed by atoms with van der Waals surface area (Å²) in [6.07, 6.45) is 1.80. The van der Waals surface area contributed by atoms with Crippen LogP contribution in [0.15, 0.2) is 18.2 Å². The lowest BCUT2D eigenvalue weighted by atomic mass is 10.2. The van der Waals surface area contributed by atoms with E-state index in [1.54, 1.807) is 18.2 Å². The van der Waals surface area contributed by atoms with Gasteiger partial charge in [-0.2, -0.15) is 0 Å². The van der Waals surface area contributed by atoms with Crippen molar-refractivity contribution in [2.45, 2.75) is 25.8 Å². The molecule has 1 rings (SSSR count). The van der Waals surface area contributed by atoms with Crippen LogP contribution in [0.2, 0.25) is 10.0 Å². The van der Waals surface area contributed by atoms with Crippen LogP contribution in [0.3, 0.4) is 0 Å². The number of rotatable bonds is 5. The SMILES string of the molecule is CCCC(CN)NC(=O)Nc1cc(Cl)ccc1Cl. The van der Waals surface area contributed by atoms with Crippen LogP contribution in [0.5, 0.6) is 0 Å². The van der Waals surface area contributed by atoms with Crippen molar-refractivity contribution in [2.75, 3.05) is 11.9 Å². The van der Waals surface area contributed by atoms with Crippen LogP contribution in [-0.2, 0) is 0 Å². The number of carbonyl (C=O) groups is 1. The van der Waals surface area contributed by atoms with Gasteiger partial charge >= 0.3 is 6.03 Å². The molecule has 1 unspecified atom stereocenters. The van der Waals surface area contributed by atoms with Crippen LogP contribution in [0.1, 0.15) is 19.8 Å². The molecule has 0 heterocycles. The molecule has 0 spiro atoms. The van der Waals surface area contributed by atoms with Crippen LogP contribution in [-0.4, -0.2) is 18.6 Å². The van der Waals surface area contributed by atoms with Crippen LogP contribution in [0.25, 0.3) is 0 Å². The first kappa shape index (κ1) is 15.1. The summed E-state index contributed by atoms with van der Waals surface area (Å²) in [7, 11) is 0. The number of benzene rings is 1. The van der Waals surface area contributed by atoms with Gasteiger partial charge < -0.3 is 16.4 Å². The minimum absolute atomic E-state index is 0.0343. The first-order chi connectivity index (χ1) is 8.56. The molecule has 0 saturated heterocycles. The molecule has 4 nitrogen and oxygen atoms in total. The Bertz CT molecular complexity index is 412. The van der Waals surface area contributed by atoms with Crippen LogP contribution in [0.4, 0.5) is 10.5 Å². The Morgan fingerprint density at radius 3 is 2.78 bits per heavy atom. The van der Waals surface area contributed by atoms with E-state index in [9.17, 15) is 4.79 Å². The third-order valence-corrected chi connectivity index (χ3v) is 3.00. The van der Waals surface area contributed by atoms with E-state index in [1.165, 1.54) is 0 Å². The lowest BCUT2D eigenvalue weighted by Crippen LogP contribution is -2.42. The molecule has 4 N–H and O–H groups in total. The number of anilines is 1. The molecule has 0 aliphatic rings. The van der Waals surface area contributed by atoms with Gasteiger partial charge in [-0.3, -0.25) is 0 Å². The molecule has 18 heavy (non-hydrogen) atoms. The molecule has 0 aliphatic heterocycles. The van der Waals surface area contributed by atoms with Gasteiger partial charge in [0.25, 0.3) is 0 Å². The average molecular weight is 290 g/mol. The Hall–Kier alpha value is -0.970. The van der Waals surface area contributed by atoms with Gasteiger partial charge in [-0.25, -0.2) is 4.79 Å². The summed E-state index contributed by atoms with van der Waals surface area (Å²) in [5.74, 6) is 0. The second-order valence-corrected chi connectivity index (χ2v) is 4.79. The third-order valence-electron chi connectivity index (χ3n) is 2.43. The molecule has 1 atom stereocenters. The van der Waals surface area contributed by atoms with E-state index >= 15 is 0 Å². The summed E-state index contributed by atoms with van der Waals surface area (Å²) < 4.78 is 0. The van der Waals surface area contributed by atoms with Crippen molar-refractivity contribution in [3.05, 3.63) is 28.2 Å². The lowest BCUT2D eigenvalue weighted by Gasteiger charge is -2.16. The van der Waals surface area contributed by atoms with Crippen molar-refractivity contribution in [3.8, 4) is 0 Å². The Balaban J connectivity index is 2.61. The van der Waals surface area contributed by atoms with Gasteiger partial charge in [0.2, 0.25) is 0 Å². The predicted octanol–water partition coefficient (Wildman–Crippen LogP) is 3.24. The predicted molar refractivity (Wildman–Crippen MR) is 76.4 cm³/mol. The second kappa shape index (κ2) is 7.46. The van der Waals surface area contributed by atoms with Gasteiger partial charge in [-0.15, -0.1) is 0 Å². The highest BCUT2D eigenvalue weighted by Gasteiger charge is 2.11. The molecular formula is C12H17Cl2N3O. The maximum absolute atomic E-state index is 11.7. The fourth-order valence-electron chi connectivity index (χ4n) is 1.53. The number of hydrogen-bond donors (Lipinski definition) is 3. The molecule has 1 aromatic rings. The van der Waals surface area contributed by atoms with Crippen molar-refractivity contribution in [3.63, 3.8) is 0 Å². The molecule has 0 fully saturated rings. The number of nitrogens with two attached hydrogens (primary N) is 1. The van der Waals surface area contributed by atoms with Gasteiger partial charge in [0.1, 0.15) is 0 Å². The zero-order valence-corrected chi connectivity index (χ0v) is 11.7. The molecule has 100 valence electrons. The Morgan fingerprint density at radius 2 is 2.17 bits per heavy atom. The molecule has 0 bridgehead atoms. The van der Waals surface area contributed by atoms with Crippen molar-refractivity contribution in [1.82, 2.24) is 5.32 Å². The molecule has 2 amide bonds. The van der Waals surface area contributed by atoms with Crippen molar-refractivity contribution in [2.24, 2.45) is 5.73 Å². The highest BCUT2D eigenvalue weighted by atomic mass is 35.5. The first-order valence-corrected chi connectivity index (χ1v) is 6.55. The van der Waals surface area contributed by atoms with Crippen molar-refractivity contribution >= 4 is 34.9 Å². The van der Waals surface area contributed by atoms with Crippen LogP contribution >= 0.6 is 23.2 Å². The van der Waals surface area contributed by atoms with E-state index in [1.807, 2.05) is 6.92 Å². The summed E-state index contributed by atoms with van der Waals surface area (Å²) >= 11 is 11.8. The highest BCUT2D eigenvalue weighted by molar-refractivity contribution is 6.35. The number of nitrogens with one attached hydrogen (secondary N) is 2. The van der Waals surface area contributed by atoms with E-state index in [4.69, 9.17) is 28.9 Å². The Kier molecular flexibility index (Phi) is 6.25. The fraction of sp³-hybridized carbons (Fsp3) is 0.417. The summed E-state index contributed by atoms with van der Waals surface area (Å²) in [4.78, 5) is 11.7. The standard InChI is InChI=1S/C12H17Cl2N3O/c1-2-3-9(7-15)16-12(18)17-11-6-8(13)4-5-10(11)14/h4-6,9H,2-3,7,15H2,1H3,(H2,16,17,18). The summed E-state index contributed by atoms with van der Waals surface area (Å²) in [6.45, 7) is 2.45. The molecule has 0 aromatic heterocycles. The molecule has 1 aromatic carbocycles. The average Bonchev–Trinajstić information content (AvgIpc) is 2.33. The van der Waals surface area contributed by atoms with E-state index in [0.717, 1.165) is 12.8 Å². The maximum atomic E-state index is 11.7. The fourth-order valence-corrected chi connectivity index (χ4v) is 1.87. The van der Waals surface area contributed by atoms with Gasteiger partial charge in [0.15, 0.2) is 0 Å². The Morgan fingerprint density at radius 1 is 1.44 bits per heavy atom. The second-order valence-electron chi connectivity index (χ2n) is 3.94. The number of halogens is 2. The number of hydrogen-bond acceptors (Lipinski definition) is 2. The van der Waals surface area contributed by atoms with E-state index in [0.29, 0.717) is 22.3 Å². The van der Waals surface area contributed by atoms with Gasteiger partial charge in [0, 0.05) is 17.6 Å². The van der Waals surface area contributed by atoms with E-state index < -0.39 is 0 Å². The largest absolute Gasteiger partial charge is 0.334 e. The summed E-state index contributed by atoms with van der Waals surface area (Å²) in [5, 5.41) is 6.39. The van der Waals surface area contributed by atoms with Crippen molar-refractivity contribution < 1.29 is 4.79 Å². The summed E-state index contributed by atoms with van der Waals surface area (Å²) in [5.41, 5.74) is 6.05. The minimum atomic E-state index is -0.330. The first-order valence-electron chi connectivity index (χ1n) is 5.79. The monoisotopic (exact) mass is 289 g/mol. The zero-order valence-electron chi connectivity index (χ0n) is 10.2. The molecule has 0 saturated carbocycles. The Labute approximate surface area is 117 Å². The number of urea groups is 1. The van der Waals surface area contributed by atoms with E-state index in [2.05, 4.69) is 10.6 Å². The highest BCUT2D eigenvalue weighted by Crippen LogP contribution is 2.25. The quantitative estimate of drug-likeness (QED) is 0.779.